The van der Waals surface area contributed by atoms with Crippen LogP contribution in [0.3, 0.4) is 0 Å². The number of nitriles is 1. The summed E-state index contributed by atoms with van der Waals surface area (Å²) in [5, 5.41) is 16.9. The normalized spacial score (nSPS) is 18.8. The summed E-state index contributed by atoms with van der Waals surface area (Å²) in [5.41, 5.74) is 8.60. The molecular formula is C19H15N5OS. The molecule has 7 heteroatoms. The highest BCUT2D eigenvalue weighted by molar-refractivity contribution is 8.15. The van der Waals surface area contributed by atoms with Crippen molar-refractivity contribution in [1.82, 2.24) is 5.01 Å². The van der Waals surface area contributed by atoms with E-state index in [4.69, 9.17) is 15.6 Å². The fraction of sp³-hybridized carbons (Fsp3) is 0.105. The lowest BCUT2D eigenvalue weighted by Gasteiger charge is -2.27. The third-order valence-corrected chi connectivity index (χ3v) is 5.15. The Morgan fingerprint density at radius 3 is 2.50 bits per heavy atom. The van der Waals surface area contributed by atoms with Crippen molar-refractivity contribution in [2.45, 2.75) is 5.50 Å². The third-order valence-electron chi connectivity index (χ3n) is 4.09. The Morgan fingerprint density at radius 1 is 1.12 bits per heavy atom. The topological polar surface area (TPSA) is 87.0 Å². The Hall–Kier alpha value is -3.24. The second-order valence-electron chi connectivity index (χ2n) is 5.64. The first-order valence-electron chi connectivity index (χ1n) is 7.93. The van der Waals surface area contributed by atoms with Crippen LogP contribution in [0, 0.1) is 11.3 Å². The SMILES string of the molecule is COc1ccc(C2=NN3C(c4ccccc4)=C(C#N)C(N)=NC3S2)cc1. The molecule has 0 aliphatic carbocycles. The molecule has 2 aromatic rings. The number of nitrogens with two attached hydrogens (primary N) is 1. The average molecular weight is 361 g/mol. The molecule has 2 heterocycles. The van der Waals surface area contributed by atoms with Gasteiger partial charge in [0.25, 0.3) is 0 Å². The molecule has 1 unspecified atom stereocenters. The summed E-state index contributed by atoms with van der Waals surface area (Å²) in [5.74, 6) is 1.03. The van der Waals surface area contributed by atoms with Crippen molar-refractivity contribution < 1.29 is 4.74 Å². The van der Waals surface area contributed by atoms with E-state index >= 15 is 0 Å². The largest absolute Gasteiger partial charge is 0.497 e. The summed E-state index contributed by atoms with van der Waals surface area (Å²) in [6, 6.07) is 19.5. The number of benzene rings is 2. The summed E-state index contributed by atoms with van der Waals surface area (Å²) in [6.07, 6.45) is 0. The number of thioether (sulfide) groups is 1. The Bertz CT molecular complexity index is 973. The Kier molecular flexibility index (Phi) is 4.11. The number of hydrazone groups is 1. The van der Waals surface area contributed by atoms with Crippen molar-refractivity contribution in [3.8, 4) is 11.8 Å². The smallest absolute Gasteiger partial charge is 0.197 e. The van der Waals surface area contributed by atoms with Gasteiger partial charge in [0.2, 0.25) is 0 Å². The molecule has 0 aromatic heterocycles. The molecule has 6 nitrogen and oxygen atoms in total. The van der Waals surface area contributed by atoms with Crippen molar-refractivity contribution in [3.63, 3.8) is 0 Å². The van der Waals surface area contributed by atoms with Gasteiger partial charge >= 0.3 is 0 Å². The van der Waals surface area contributed by atoms with Crippen LogP contribution >= 0.6 is 11.8 Å². The van der Waals surface area contributed by atoms with Crippen molar-refractivity contribution in [2.75, 3.05) is 7.11 Å². The van der Waals surface area contributed by atoms with Crippen LogP contribution in [0.15, 0.2) is 70.3 Å². The van der Waals surface area contributed by atoms with Gasteiger partial charge in [0.05, 0.1) is 12.8 Å². The number of rotatable bonds is 3. The first-order valence-corrected chi connectivity index (χ1v) is 8.81. The average Bonchev–Trinajstić information content (AvgIpc) is 3.11. The van der Waals surface area contributed by atoms with E-state index in [1.807, 2.05) is 54.6 Å². The Morgan fingerprint density at radius 2 is 1.85 bits per heavy atom. The summed E-state index contributed by atoms with van der Waals surface area (Å²) in [7, 11) is 1.63. The second kappa shape index (κ2) is 6.58. The fourth-order valence-corrected chi connectivity index (χ4v) is 3.85. The van der Waals surface area contributed by atoms with Gasteiger partial charge in [0, 0.05) is 11.1 Å². The number of hydrogen-bond donors (Lipinski definition) is 1. The number of hydrogen-bond acceptors (Lipinski definition) is 7. The van der Waals surface area contributed by atoms with Crippen LogP contribution < -0.4 is 10.5 Å². The van der Waals surface area contributed by atoms with E-state index in [-0.39, 0.29) is 11.3 Å². The van der Waals surface area contributed by atoms with Crippen LogP contribution in [0.5, 0.6) is 5.75 Å². The predicted molar refractivity (Wildman–Crippen MR) is 103 cm³/mol. The molecule has 128 valence electrons. The lowest BCUT2D eigenvalue weighted by molar-refractivity contribution is 0.410. The number of nitrogens with zero attached hydrogens (tertiary/aromatic N) is 4. The quantitative estimate of drug-likeness (QED) is 0.908. The van der Waals surface area contributed by atoms with Crippen molar-refractivity contribution in [1.29, 1.82) is 5.26 Å². The van der Waals surface area contributed by atoms with E-state index < -0.39 is 0 Å². The van der Waals surface area contributed by atoms with E-state index in [1.54, 1.807) is 12.1 Å². The highest BCUT2D eigenvalue weighted by atomic mass is 32.2. The maximum atomic E-state index is 9.59. The van der Waals surface area contributed by atoms with Crippen LogP contribution in [-0.2, 0) is 0 Å². The van der Waals surface area contributed by atoms with Crippen LogP contribution in [0.4, 0.5) is 0 Å². The van der Waals surface area contributed by atoms with Gasteiger partial charge in [-0.25, -0.2) is 10.0 Å². The molecule has 0 bridgehead atoms. The van der Waals surface area contributed by atoms with Crippen molar-refractivity contribution in [3.05, 3.63) is 71.3 Å². The molecule has 0 saturated carbocycles. The molecule has 1 atom stereocenters. The van der Waals surface area contributed by atoms with Crippen molar-refractivity contribution in [2.24, 2.45) is 15.8 Å². The van der Waals surface area contributed by atoms with Gasteiger partial charge in [0.1, 0.15) is 28.3 Å². The maximum Gasteiger partial charge on any atom is 0.197 e. The van der Waals surface area contributed by atoms with Crippen LogP contribution in [-0.4, -0.2) is 28.5 Å². The van der Waals surface area contributed by atoms with Crippen LogP contribution in [0.25, 0.3) is 5.70 Å². The van der Waals surface area contributed by atoms with E-state index in [9.17, 15) is 5.26 Å². The number of aliphatic imine (C=N–C) groups is 1. The minimum atomic E-state index is -0.320. The summed E-state index contributed by atoms with van der Waals surface area (Å²) in [6.45, 7) is 0. The number of amidine groups is 1. The first-order chi connectivity index (χ1) is 12.7. The molecule has 2 aromatic carbocycles. The minimum absolute atomic E-state index is 0.242. The van der Waals surface area contributed by atoms with E-state index in [1.165, 1.54) is 11.8 Å². The Labute approximate surface area is 155 Å². The zero-order valence-electron chi connectivity index (χ0n) is 14.0. The second-order valence-corrected chi connectivity index (χ2v) is 6.68. The van der Waals surface area contributed by atoms with Crippen LogP contribution in [0.1, 0.15) is 11.1 Å². The van der Waals surface area contributed by atoms with Gasteiger partial charge in [-0.05, 0) is 24.3 Å². The maximum absolute atomic E-state index is 9.59. The molecule has 2 aliphatic heterocycles. The summed E-state index contributed by atoms with van der Waals surface area (Å²) >= 11 is 1.50. The highest BCUT2D eigenvalue weighted by Crippen LogP contribution is 2.40. The number of fused-ring (bicyclic) bond motifs is 1. The number of ether oxygens (including phenoxy) is 1. The molecule has 0 fully saturated rings. The molecule has 0 spiro atoms. The van der Waals surface area contributed by atoms with Gasteiger partial charge in [-0.3, -0.25) is 0 Å². The predicted octanol–water partition coefficient (Wildman–Crippen LogP) is 2.99. The van der Waals surface area contributed by atoms with E-state index in [0.29, 0.717) is 11.3 Å². The van der Waals surface area contributed by atoms with E-state index in [2.05, 4.69) is 11.1 Å². The molecule has 2 aliphatic rings. The summed E-state index contributed by atoms with van der Waals surface area (Å²) < 4.78 is 5.21. The van der Waals surface area contributed by atoms with Gasteiger partial charge in [-0.2, -0.15) is 10.4 Å². The zero-order chi connectivity index (χ0) is 18.1. The summed E-state index contributed by atoms with van der Waals surface area (Å²) in [4.78, 5) is 4.45. The lowest BCUT2D eigenvalue weighted by Crippen LogP contribution is -2.33. The van der Waals surface area contributed by atoms with E-state index in [0.717, 1.165) is 21.9 Å². The van der Waals surface area contributed by atoms with Crippen molar-refractivity contribution >= 4 is 28.3 Å². The molecule has 0 amide bonds. The van der Waals surface area contributed by atoms with Crippen LogP contribution in [0.2, 0.25) is 0 Å². The van der Waals surface area contributed by atoms with Gasteiger partial charge < -0.3 is 10.5 Å². The zero-order valence-corrected chi connectivity index (χ0v) is 14.8. The van der Waals surface area contributed by atoms with Gasteiger partial charge in [-0.1, -0.05) is 42.1 Å². The molecule has 0 radical (unpaired) electrons. The van der Waals surface area contributed by atoms with Gasteiger partial charge in [-0.15, -0.1) is 0 Å². The minimum Gasteiger partial charge on any atom is -0.497 e. The highest BCUT2D eigenvalue weighted by Gasteiger charge is 2.36. The lowest BCUT2D eigenvalue weighted by atomic mass is 10.0. The fourth-order valence-electron chi connectivity index (χ4n) is 2.82. The Balaban J connectivity index is 1.78. The van der Waals surface area contributed by atoms with Gasteiger partial charge in [0.15, 0.2) is 5.50 Å². The standard InChI is InChI=1S/C19H15N5OS/c1-25-14-9-7-13(8-10-14)18-23-24-16(12-5-3-2-4-6-12)15(11-20)17(21)22-19(24)26-18/h2-10,19H,1H3,(H2,21,22). The third kappa shape index (κ3) is 2.70. The molecule has 2 N–H and O–H groups in total. The monoisotopic (exact) mass is 361 g/mol. The first kappa shape index (κ1) is 16.2. The molecule has 4 rings (SSSR count). The molecule has 26 heavy (non-hydrogen) atoms. The molecule has 0 saturated heterocycles. The molecular weight excluding hydrogens is 346 g/mol. The number of methoxy groups -OCH3 is 1.